The van der Waals surface area contributed by atoms with Crippen molar-refractivity contribution in [2.24, 2.45) is 0 Å². The van der Waals surface area contributed by atoms with Crippen LogP contribution in [0.25, 0.3) is 0 Å². The number of nitrogens with zero attached hydrogens (tertiary/aromatic N) is 1. The van der Waals surface area contributed by atoms with Gasteiger partial charge in [-0.3, -0.25) is 4.90 Å². The number of phenolic OH excluding ortho intramolecular Hbond substituents is 2. The maximum Gasteiger partial charge on any atom is 0.176 e. The smallest absolute Gasteiger partial charge is 0.176 e. The molecule has 0 saturated carbocycles. The molecule has 2 N–H and O–H groups in total. The van der Waals surface area contributed by atoms with Crippen molar-refractivity contribution in [3.05, 3.63) is 70.3 Å². The maximum atomic E-state index is 10.1. The summed E-state index contributed by atoms with van der Waals surface area (Å²) in [5, 5.41) is 20.4. The van der Waals surface area contributed by atoms with Gasteiger partial charge in [0.1, 0.15) is 0 Å². The van der Waals surface area contributed by atoms with Crippen LogP contribution >= 0.6 is 28.6 Å². The first-order valence-corrected chi connectivity index (χ1v) is 8.52. The Morgan fingerprint density at radius 1 is 1.32 bits per heavy atom. The largest absolute Gasteiger partial charge is 0.504 e. The molecule has 0 fully saturated rings. The monoisotopic (exact) mass is 423 g/mol. The van der Waals surface area contributed by atoms with Gasteiger partial charge in [0.05, 0.1) is 5.02 Å². The highest BCUT2D eigenvalue weighted by atomic mass is 79.9. The number of benzene rings is 2. The van der Waals surface area contributed by atoms with Crippen molar-refractivity contribution >= 4 is 28.6 Å². The molecule has 0 radical (unpaired) electrons. The molecule has 5 heteroatoms. The van der Waals surface area contributed by atoms with E-state index in [9.17, 15) is 10.2 Å². The van der Waals surface area contributed by atoms with Crippen LogP contribution < -0.4 is 0 Å². The zero-order valence-electron chi connectivity index (χ0n) is 14.2. The average Bonchev–Trinajstić information content (AvgIpc) is 2.73. The minimum absolute atomic E-state index is 0. The minimum atomic E-state index is -0.226. The maximum absolute atomic E-state index is 10.1. The third-order valence-corrected chi connectivity index (χ3v) is 5.09. The van der Waals surface area contributed by atoms with Crippen LogP contribution in [0.2, 0.25) is 5.02 Å². The van der Waals surface area contributed by atoms with Crippen LogP contribution in [0, 0.1) is 6.92 Å². The van der Waals surface area contributed by atoms with Gasteiger partial charge < -0.3 is 10.2 Å². The Morgan fingerprint density at radius 3 is 2.76 bits per heavy atom. The number of hydrogen-bond donors (Lipinski definition) is 2. The molecule has 1 aliphatic rings. The molecule has 0 bridgehead atoms. The van der Waals surface area contributed by atoms with Crippen LogP contribution in [0.15, 0.2) is 43.0 Å². The zero-order chi connectivity index (χ0) is 17.3. The van der Waals surface area contributed by atoms with Gasteiger partial charge in [-0.2, -0.15) is 0 Å². The summed E-state index contributed by atoms with van der Waals surface area (Å²) in [7, 11) is 0. The highest BCUT2D eigenvalue weighted by Crippen LogP contribution is 2.43. The molecule has 1 aliphatic heterocycles. The van der Waals surface area contributed by atoms with Crippen LogP contribution in [0.4, 0.5) is 0 Å². The van der Waals surface area contributed by atoms with Crippen molar-refractivity contribution < 1.29 is 10.2 Å². The Bertz CT molecular complexity index is 779. The molecular weight excluding hydrogens is 402 g/mol. The lowest BCUT2D eigenvalue weighted by Gasteiger charge is -2.25. The van der Waals surface area contributed by atoms with E-state index in [1.807, 2.05) is 6.08 Å². The van der Waals surface area contributed by atoms with E-state index in [1.54, 1.807) is 6.07 Å². The molecule has 1 atom stereocenters. The summed E-state index contributed by atoms with van der Waals surface area (Å²) in [6.45, 7) is 8.38. The summed E-state index contributed by atoms with van der Waals surface area (Å²) in [5.74, 6) is -0.296. The number of rotatable bonds is 3. The molecule has 3 rings (SSSR count). The van der Waals surface area contributed by atoms with E-state index in [1.165, 1.54) is 11.1 Å². The van der Waals surface area contributed by atoms with E-state index in [0.717, 1.165) is 37.2 Å². The van der Waals surface area contributed by atoms with Crippen LogP contribution in [0.5, 0.6) is 11.5 Å². The second-order valence-corrected chi connectivity index (χ2v) is 6.77. The van der Waals surface area contributed by atoms with Crippen LogP contribution in [0.1, 0.15) is 28.2 Å². The molecule has 0 aliphatic carbocycles. The highest BCUT2D eigenvalue weighted by molar-refractivity contribution is 8.93. The molecule has 3 nitrogen and oxygen atoms in total. The van der Waals surface area contributed by atoms with Gasteiger partial charge in [-0.1, -0.05) is 47.5 Å². The molecule has 134 valence electrons. The predicted octanol–water partition coefficient (Wildman–Crippen LogP) is 4.81. The predicted molar refractivity (Wildman–Crippen MR) is 108 cm³/mol. The van der Waals surface area contributed by atoms with Gasteiger partial charge >= 0.3 is 0 Å². The molecule has 2 aromatic carbocycles. The Kier molecular flexibility index (Phi) is 6.55. The van der Waals surface area contributed by atoms with Crippen molar-refractivity contribution in [3.63, 3.8) is 0 Å². The van der Waals surface area contributed by atoms with Gasteiger partial charge in [0.15, 0.2) is 11.5 Å². The number of halogens is 2. The molecule has 25 heavy (non-hydrogen) atoms. The lowest BCUT2D eigenvalue weighted by atomic mass is 9.87. The number of hydrogen-bond acceptors (Lipinski definition) is 3. The molecular formula is C20H23BrClNO2. The van der Waals surface area contributed by atoms with Gasteiger partial charge in [0.2, 0.25) is 0 Å². The summed E-state index contributed by atoms with van der Waals surface area (Å²) < 4.78 is 0. The summed E-state index contributed by atoms with van der Waals surface area (Å²) in [4.78, 5) is 2.32. The van der Waals surface area contributed by atoms with Crippen LogP contribution in [-0.2, 0) is 6.42 Å². The van der Waals surface area contributed by atoms with Crippen molar-refractivity contribution in [1.82, 2.24) is 4.90 Å². The summed E-state index contributed by atoms with van der Waals surface area (Å²) in [5.41, 5.74) is 4.30. The topological polar surface area (TPSA) is 43.7 Å². The number of phenols is 2. The second kappa shape index (κ2) is 8.26. The lowest BCUT2D eigenvalue weighted by molar-refractivity contribution is 0.306. The first-order chi connectivity index (χ1) is 11.5. The molecule has 0 amide bonds. The van der Waals surface area contributed by atoms with E-state index < -0.39 is 0 Å². The molecule has 0 unspecified atom stereocenters. The zero-order valence-corrected chi connectivity index (χ0v) is 16.7. The first-order valence-electron chi connectivity index (χ1n) is 8.14. The lowest BCUT2D eigenvalue weighted by Crippen LogP contribution is -2.28. The fraction of sp³-hybridized carbons (Fsp3) is 0.300. The molecule has 1 heterocycles. The Balaban J connectivity index is 0.00000225. The van der Waals surface area contributed by atoms with E-state index >= 15 is 0 Å². The van der Waals surface area contributed by atoms with Gasteiger partial charge in [-0.15, -0.1) is 23.6 Å². The van der Waals surface area contributed by atoms with E-state index in [4.69, 9.17) is 11.6 Å². The third kappa shape index (κ3) is 4.02. The minimum Gasteiger partial charge on any atom is -0.504 e. The summed E-state index contributed by atoms with van der Waals surface area (Å²) >= 11 is 6.35. The fourth-order valence-electron chi connectivity index (χ4n) is 3.49. The van der Waals surface area contributed by atoms with E-state index in [0.29, 0.717) is 0 Å². The fourth-order valence-corrected chi connectivity index (χ4v) is 3.79. The summed E-state index contributed by atoms with van der Waals surface area (Å²) in [6, 6.07) is 10.1. The highest BCUT2D eigenvalue weighted by Gasteiger charge is 2.28. The molecule has 0 spiro atoms. The van der Waals surface area contributed by atoms with Crippen LogP contribution in [0.3, 0.4) is 0 Å². The van der Waals surface area contributed by atoms with Gasteiger partial charge in [0.25, 0.3) is 0 Å². The SMILES string of the molecule is Br.C=CCN1CCc2c(cc(O)c(O)c2Cl)[C@@H](c2cccc(C)c2)C1. The first kappa shape index (κ1) is 19.8. The number of aryl methyl sites for hydroxylation is 1. The number of fused-ring (bicyclic) bond motifs is 1. The van der Waals surface area contributed by atoms with E-state index in [-0.39, 0.29) is 39.4 Å². The van der Waals surface area contributed by atoms with Crippen molar-refractivity contribution in [3.8, 4) is 11.5 Å². The average molecular weight is 425 g/mol. The van der Waals surface area contributed by atoms with E-state index in [2.05, 4.69) is 42.7 Å². The van der Waals surface area contributed by atoms with Crippen molar-refractivity contribution in [1.29, 1.82) is 0 Å². The summed E-state index contributed by atoms with van der Waals surface area (Å²) in [6.07, 6.45) is 2.64. The van der Waals surface area contributed by atoms with Gasteiger partial charge in [-0.05, 0) is 36.1 Å². The quantitative estimate of drug-likeness (QED) is 0.549. The Morgan fingerprint density at radius 2 is 2.08 bits per heavy atom. The van der Waals surface area contributed by atoms with Crippen molar-refractivity contribution in [2.45, 2.75) is 19.3 Å². The number of aromatic hydroxyl groups is 2. The van der Waals surface area contributed by atoms with Crippen LogP contribution in [-0.4, -0.2) is 34.7 Å². The second-order valence-electron chi connectivity index (χ2n) is 6.39. The van der Waals surface area contributed by atoms with Gasteiger partial charge in [0, 0.05) is 25.6 Å². The standard InChI is InChI=1S/C20H22ClNO2.BrH/c1-3-8-22-9-7-15-16(11-18(23)20(24)19(15)21)17(12-22)14-6-4-5-13(2)10-14;/h3-6,10-11,17,23-24H,1,7-9,12H2,2H3;1H/t17-;/m1./s1. The molecule has 0 saturated heterocycles. The Hall–Kier alpha value is -1.49. The third-order valence-electron chi connectivity index (χ3n) is 4.68. The Labute approximate surface area is 164 Å². The molecule has 2 aromatic rings. The van der Waals surface area contributed by atoms with Crippen molar-refractivity contribution in [2.75, 3.05) is 19.6 Å². The van der Waals surface area contributed by atoms with Gasteiger partial charge in [-0.25, -0.2) is 0 Å². The molecule has 0 aromatic heterocycles. The normalized spacial score (nSPS) is 17.3.